The molecule has 2 aromatic heterocycles. The number of hydrogen-bond acceptors (Lipinski definition) is 5. The third-order valence-electron chi connectivity index (χ3n) is 5.65. The molecule has 0 saturated carbocycles. The normalized spacial score (nSPS) is 20.2. The maximum absolute atomic E-state index is 13.1. The number of nitrogens with zero attached hydrogens (tertiary/aromatic N) is 6. The number of piperidine rings is 1. The van der Waals surface area contributed by atoms with Crippen molar-refractivity contribution in [3.05, 3.63) is 60.4 Å². The molecule has 2 aliphatic rings. The Morgan fingerprint density at radius 3 is 2.68 bits per heavy atom. The number of benzene rings is 1. The van der Waals surface area contributed by atoms with Crippen molar-refractivity contribution in [3.63, 3.8) is 0 Å². The van der Waals surface area contributed by atoms with Crippen LogP contribution in [0.3, 0.4) is 0 Å². The minimum atomic E-state index is 0.0106. The fourth-order valence-electron chi connectivity index (χ4n) is 4.10. The molecule has 0 spiro atoms. The molecule has 1 atom stereocenters. The van der Waals surface area contributed by atoms with Gasteiger partial charge >= 0.3 is 0 Å². The van der Waals surface area contributed by atoms with E-state index >= 15 is 0 Å². The zero-order valence-electron chi connectivity index (χ0n) is 15.6. The molecular formula is C21H22N6O. The van der Waals surface area contributed by atoms with Crippen molar-refractivity contribution in [2.45, 2.75) is 25.3 Å². The summed E-state index contributed by atoms with van der Waals surface area (Å²) in [5.41, 5.74) is 1.98. The largest absolute Gasteiger partial charge is 0.356 e. The van der Waals surface area contributed by atoms with E-state index in [9.17, 15) is 4.79 Å². The summed E-state index contributed by atoms with van der Waals surface area (Å²) in [6.07, 6.45) is 7.95. The summed E-state index contributed by atoms with van der Waals surface area (Å²) in [5, 5.41) is 10.3. The van der Waals surface area contributed by atoms with E-state index in [1.807, 2.05) is 42.7 Å². The number of anilines is 1. The van der Waals surface area contributed by atoms with E-state index in [1.54, 1.807) is 15.7 Å². The summed E-state index contributed by atoms with van der Waals surface area (Å²) < 4.78 is 1.76. The fourth-order valence-corrected chi connectivity index (χ4v) is 4.10. The molecule has 4 heterocycles. The first-order chi connectivity index (χ1) is 13.8. The number of aromatic nitrogens is 3. The quantitative estimate of drug-likeness (QED) is 0.707. The molecule has 2 aliphatic heterocycles. The average Bonchev–Trinajstić information content (AvgIpc) is 3.43. The third-order valence-corrected chi connectivity index (χ3v) is 5.65. The van der Waals surface area contributed by atoms with Crippen molar-refractivity contribution in [2.75, 3.05) is 18.0 Å². The molecule has 1 unspecified atom stereocenters. The van der Waals surface area contributed by atoms with Crippen LogP contribution in [0.5, 0.6) is 0 Å². The second kappa shape index (κ2) is 7.07. The Kier molecular flexibility index (Phi) is 4.27. The van der Waals surface area contributed by atoms with Crippen LogP contribution in [-0.4, -0.2) is 44.8 Å². The van der Waals surface area contributed by atoms with Gasteiger partial charge in [-0.2, -0.15) is 10.2 Å². The van der Waals surface area contributed by atoms with Crippen molar-refractivity contribution in [3.8, 4) is 0 Å². The van der Waals surface area contributed by atoms with Crippen LogP contribution in [0.1, 0.15) is 30.9 Å². The number of hydrazone groups is 1. The molecule has 0 radical (unpaired) electrons. The molecule has 0 aliphatic carbocycles. The summed E-state index contributed by atoms with van der Waals surface area (Å²) in [4.78, 5) is 20.0. The average molecular weight is 374 g/mol. The standard InChI is InChI=1S/C21H22N6O/c28-21(27-18(6-11-23-27)16-4-2-1-3-5-16)17-8-13-25(14-9-17)19-10-15-26-20(24-19)7-12-22-26/h1-5,7,10-12,15,17-18H,6,8-9,13-14H2. The van der Waals surface area contributed by atoms with Gasteiger partial charge in [0.1, 0.15) is 5.82 Å². The summed E-state index contributed by atoms with van der Waals surface area (Å²) >= 11 is 0. The summed E-state index contributed by atoms with van der Waals surface area (Å²) in [6, 6.07) is 14.1. The van der Waals surface area contributed by atoms with Gasteiger partial charge in [-0.05, 0) is 24.5 Å². The highest BCUT2D eigenvalue weighted by Crippen LogP contribution is 2.32. The van der Waals surface area contributed by atoms with Gasteiger partial charge in [0.15, 0.2) is 5.65 Å². The van der Waals surface area contributed by atoms with Gasteiger partial charge in [0, 0.05) is 43.9 Å². The minimum Gasteiger partial charge on any atom is -0.356 e. The minimum absolute atomic E-state index is 0.0106. The van der Waals surface area contributed by atoms with Gasteiger partial charge in [-0.3, -0.25) is 4.79 Å². The smallest absolute Gasteiger partial charge is 0.246 e. The fraction of sp³-hybridized carbons (Fsp3) is 0.333. The van der Waals surface area contributed by atoms with Gasteiger partial charge in [-0.1, -0.05) is 30.3 Å². The molecule has 0 N–H and O–H groups in total. The Hall–Kier alpha value is -3.22. The van der Waals surface area contributed by atoms with Crippen LogP contribution in [0.15, 0.2) is 60.0 Å². The molecule has 0 bridgehead atoms. The van der Waals surface area contributed by atoms with Crippen molar-refractivity contribution < 1.29 is 4.79 Å². The first-order valence-electron chi connectivity index (χ1n) is 9.75. The number of rotatable bonds is 3. The van der Waals surface area contributed by atoms with E-state index < -0.39 is 0 Å². The predicted molar refractivity (Wildman–Crippen MR) is 107 cm³/mol. The lowest BCUT2D eigenvalue weighted by Crippen LogP contribution is -2.41. The Labute approximate surface area is 163 Å². The van der Waals surface area contributed by atoms with Crippen LogP contribution < -0.4 is 4.90 Å². The second-order valence-electron chi connectivity index (χ2n) is 7.32. The van der Waals surface area contributed by atoms with Gasteiger partial charge in [-0.25, -0.2) is 14.5 Å². The first-order valence-corrected chi connectivity index (χ1v) is 9.75. The number of carbonyl (C=O) groups is 1. The van der Waals surface area contributed by atoms with Crippen LogP contribution in [0.25, 0.3) is 5.65 Å². The highest BCUT2D eigenvalue weighted by atomic mass is 16.2. The molecule has 28 heavy (non-hydrogen) atoms. The van der Waals surface area contributed by atoms with Gasteiger partial charge in [0.05, 0.1) is 12.2 Å². The molecule has 142 valence electrons. The van der Waals surface area contributed by atoms with Crippen molar-refractivity contribution in [2.24, 2.45) is 11.0 Å². The SMILES string of the molecule is O=C(C1CCN(c2ccn3nccc3n2)CC1)N1N=CCC1c1ccccc1. The van der Waals surface area contributed by atoms with Gasteiger partial charge in [-0.15, -0.1) is 0 Å². The van der Waals surface area contributed by atoms with E-state index in [1.165, 1.54) is 0 Å². The van der Waals surface area contributed by atoms with Crippen molar-refractivity contribution in [1.29, 1.82) is 0 Å². The Morgan fingerprint density at radius 2 is 1.86 bits per heavy atom. The number of hydrogen-bond donors (Lipinski definition) is 0. The predicted octanol–water partition coefficient (Wildman–Crippen LogP) is 2.91. The van der Waals surface area contributed by atoms with Gasteiger partial charge in [0.25, 0.3) is 0 Å². The molecule has 1 fully saturated rings. The Balaban J connectivity index is 1.26. The van der Waals surface area contributed by atoms with E-state index in [-0.39, 0.29) is 17.9 Å². The van der Waals surface area contributed by atoms with Crippen LogP contribution in [-0.2, 0) is 4.79 Å². The van der Waals surface area contributed by atoms with Crippen molar-refractivity contribution in [1.82, 2.24) is 19.6 Å². The molecule has 7 nitrogen and oxygen atoms in total. The Bertz CT molecular complexity index is 1010. The first kappa shape index (κ1) is 16.9. The summed E-state index contributed by atoms with van der Waals surface area (Å²) in [5.74, 6) is 1.10. The maximum Gasteiger partial charge on any atom is 0.246 e. The third kappa shape index (κ3) is 3.02. The second-order valence-corrected chi connectivity index (χ2v) is 7.32. The lowest BCUT2D eigenvalue weighted by Gasteiger charge is -2.34. The number of fused-ring (bicyclic) bond motifs is 1. The molecule has 5 rings (SSSR count). The molecule has 1 aromatic carbocycles. The summed E-state index contributed by atoms with van der Waals surface area (Å²) in [7, 11) is 0. The summed E-state index contributed by atoms with van der Waals surface area (Å²) in [6.45, 7) is 1.64. The molecule has 3 aromatic rings. The monoisotopic (exact) mass is 374 g/mol. The highest BCUT2D eigenvalue weighted by Gasteiger charge is 2.34. The lowest BCUT2D eigenvalue weighted by molar-refractivity contribution is -0.138. The molecular weight excluding hydrogens is 352 g/mol. The zero-order chi connectivity index (χ0) is 18.9. The number of carbonyl (C=O) groups excluding carboxylic acids is 1. The molecule has 7 heteroatoms. The van der Waals surface area contributed by atoms with Crippen LogP contribution in [0.2, 0.25) is 0 Å². The van der Waals surface area contributed by atoms with Gasteiger partial charge < -0.3 is 4.90 Å². The highest BCUT2D eigenvalue weighted by molar-refractivity contribution is 5.82. The van der Waals surface area contributed by atoms with E-state index in [4.69, 9.17) is 0 Å². The van der Waals surface area contributed by atoms with E-state index in [2.05, 4.69) is 32.2 Å². The molecule has 1 amide bonds. The number of amides is 1. The van der Waals surface area contributed by atoms with Gasteiger partial charge in [0.2, 0.25) is 5.91 Å². The van der Waals surface area contributed by atoms with E-state index in [0.29, 0.717) is 0 Å². The van der Waals surface area contributed by atoms with Crippen LogP contribution >= 0.6 is 0 Å². The maximum atomic E-state index is 13.1. The zero-order valence-corrected chi connectivity index (χ0v) is 15.6. The van der Waals surface area contributed by atoms with Crippen LogP contribution in [0.4, 0.5) is 5.82 Å². The van der Waals surface area contributed by atoms with Crippen LogP contribution in [0, 0.1) is 5.92 Å². The topological polar surface area (TPSA) is 66.1 Å². The van der Waals surface area contributed by atoms with Crippen molar-refractivity contribution >= 4 is 23.6 Å². The lowest BCUT2D eigenvalue weighted by atomic mass is 9.94. The molecule has 1 saturated heterocycles. The Morgan fingerprint density at radius 1 is 1.04 bits per heavy atom. The van der Waals surface area contributed by atoms with E-state index in [0.717, 1.165) is 49.4 Å².